The van der Waals surface area contributed by atoms with Gasteiger partial charge in [0, 0.05) is 12.5 Å². The molecule has 1 unspecified atom stereocenters. The first-order chi connectivity index (χ1) is 10.5. The van der Waals surface area contributed by atoms with E-state index in [-0.39, 0.29) is 24.3 Å². The highest BCUT2D eigenvalue weighted by atomic mass is 19.4. The minimum absolute atomic E-state index is 0.0337. The van der Waals surface area contributed by atoms with E-state index in [9.17, 15) is 22.8 Å². The Labute approximate surface area is 132 Å². The Kier molecular flexibility index (Phi) is 6.18. The van der Waals surface area contributed by atoms with Crippen molar-refractivity contribution in [3.63, 3.8) is 0 Å². The van der Waals surface area contributed by atoms with Gasteiger partial charge in [-0.1, -0.05) is 32.9 Å². The van der Waals surface area contributed by atoms with Crippen molar-refractivity contribution in [1.29, 1.82) is 0 Å². The number of alkyl halides is 3. The first-order valence-electron chi connectivity index (χ1n) is 7.19. The van der Waals surface area contributed by atoms with Gasteiger partial charge >= 0.3 is 12.1 Å². The van der Waals surface area contributed by atoms with E-state index in [0.29, 0.717) is 5.56 Å². The molecule has 7 heteroatoms. The molecular formula is C16H20F3NO3. The predicted molar refractivity (Wildman–Crippen MR) is 78.5 cm³/mol. The Morgan fingerprint density at radius 3 is 2.04 bits per heavy atom. The van der Waals surface area contributed by atoms with Crippen LogP contribution in [-0.2, 0) is 22.3 Å². The zero-order chi connectivity index (χ0) is 17.8. The fourth-order valence-electron chi connectivity index (χ4n) is 1.97. The van der Waals surface area contributed by atoms with Crippen LogP contribution in [0.3, 0.4) is 0 Å². The molecule has 0 radical (unpaired) electrons. The molecule has 1 rings (SSSR count). The number of nitrogens with zero attached hydrogens (tertiary/aromatic N) is 1. The Bertz CT molecular complexity index is 553. The zero-order valence-corrected chi connectivity index (χ0v) is 13.2. The van der Waals surface area contributed by atoms with Gasteiger partial charge in [0.1, 0.15) is 6.54 Å². The van der Waals surface area contributed by atoms with Crippen LogP contribution < -0.4 is 0 Å². The maximum atomic E-state index is 12.5. The Balaban J connectivity index is 2.93. The molecule has 0 saturated carbocycles. The lowest BCUT2D eigenvalue weighted by Gasteiger charge is -2.26. The average Bonchev–Trinajstić information content (AvgIpc) is 2.44. The maximum Gasteiger partial charge on any atom is 0.416 e. The second-order valence-electron chi connectivity index (χ2n) is 5.82. The number of amides is 1. The van der Waals surface area contributed by atoms with Crippen molar-refractivity contribution < 1.29 is 27.9 Å². The van der Waals surface area contributed by atoms with E-state index in [0.717, 1.165) is 17.0 Å². The summed E-state index contributed by atoms with van der Waals surface area (Å²) < 4.78 is 37.6. The molecule has 0 fully saturated rings. The van der Waals surface area contributed by atoms with Crippen LogP contribution in [0.4, 0.5) is 13.2 Å². The van der Waals surface area contributed by atoms with Crippen molar-refractivity contribution in [2.75, 3.05) is 6.54 Å². The number of hydrogen-bond acceptors (Lipinski definition) is 2. The Morgan fingerprint density at radius 1 is 1.13 bits per heavy atom. The number of benzene rings is 1. The molecule has 1 atom stereocenters. The van der Waals surface area contributed by atoms with Gasteiger partial charge in [-0.05, 0) is 23.6 Å². The van der Waals surface area contributed by atoms with Crippen LogP contribution in [0.2, 0.25) is 0 Å². The number of aliphatic carboxylic acids is 1. The van der Waals surface area contributed by atoms with Crippen LogP contribution in [0.25, 0.3) is 0 Å². The summed E-state index contributed by atoms with van der Waals surface area (Å²) in [5.74, 6) is -1.83. The van der Waals surface area contributed by atoms with Crippen molar-refractivity contribution in [3.05, 3.63) is 35.4 Å². The largest absolute Gasteiger partial charge is 0.480 e. The summed E-state index contributed by atoms with van der Waals surface area (Å²) in [6.45, 7) is 4.87. The summed E-state index contributed by atoms with van der Waals surface area (Å²) in [5.41, 5.74) is -0.337. The third-order valence-corrected chi connectivity index (χ3v) is 3.68. The lowest BCUT2D eigenvalue weighted by Crippen LogP contribution is -2.39. The standard InChI is InChI=1S/C16H20F3NO3/c1-10(2)11(3)15(23)20(9-14(21)22)8-12-4-6-13(7-5-12)16(17,18)19/h4-7,10-11H,8-9H2,1-3H3,(H,21,22). The van der Waals surface area contributed by atoms with E-state index < -0.39 is 24.3 Å². The van der Waals surface area contributed by atoms with E-state index >= 15 is 0 Å². The van der Waals surface area contributed by atoms with Crippen molar-refractivity contribution >= 4 is 11.9 Å². The van der Waals surface area contributed by atoms with Crippen molar-refractivity contribution in [3.8, 4) is 0 Å². The third-order valence-electron chi connectivity index (χ3n) is 3.68. The van der Waals surface area contributed by atoms with E-state index in [1.54, 1.807) is 6.92 Å². The van der Waals surface area contributed by atoms with Crippen LogP contribution in [-0.4, -0.2) is 28.4 Å². The number of carboxylic acid groups (broad SMARTS) is 1. The summed E-state index contributed by atoms with van der Waals surface area (Å²) >= 11 is 0. The molecule has 0 aromatic heterocycles. The molecule has 1 N–H and O–H groups in total. The molecule has 23 heavy (non-hydrogen) atoms. The summed E-state index contributed by atoms with van der Waals surface area (Å²) in [6, 6.07) is 4.35. The molecule has 0 bridgehead atoms. The first-order valence-corrected chi connectivity index (χ1v) is 7.19. The molecule has 0 aliphatic carbocycles. The van der Waals surface area contributed by atoms with Crippen LogP contribution >= 0.6 is 0 Å². The van der Waals surface area contributed by atoms with Gasteiger partial charge in [-0.15, -0.1) is 0 Å². The molecule has 1 amide bonds. The van der Waals surface area contributed by atoms with Gasteiger partial charge in [0.2, 0.25) is 5.91 Å². The minimum atomic E-state index is -4.43. The fourth-order valence-corrected chi connectivity index (χ4v) is 1.97. The van der Waals surface area contributed by atoms with Crippen LogP contribution in [0, 0.1) is 11.8 Å². The number of carbonyl (C=O) groups excluding carboxylic acids is 1. The smallest absolute Gasteiger partial charge is 0.416 e. The normalized spacial score (nSPS) is 13.0. The van der Waals surface area contributed by atoms with Gasteiger partial charge in [-0.25, -0.2) is 0 Å². The van der Waals surface area contributed by atoms with E-state index in [1.165, 1.54) is 12.1 Å². The summed E-state index contributed by atoms with van der Waals surface area (Å²) in [4.78, 5) is 24.4. The molecule has 4 nitrogen and oxygen atoms in total. The topological polar surface area (TPSA) is 57.6 Å². The molecule has 0 saturated heterocycles. The lowest BCUT2D eigenvalue weighted by molar-refractivity contribution is -0.147. The molecular weight excluding hydrogens is 311 g/mol. The quantitative estimate of drug-likeness (QED) is 0.869. The van der Waals surface area contributed by atoms with Crippen LogP contribution in [0.15, 0.2) is 24.3 Å². The van der Waals surface area contributed by atoms with Gasteiger partial charge < -0.3 is 10.0 Å². The number of halogens is 3. The zero-order valence-electron chi connectivity index (χ0n) is 13.2. The van der Waals surface area contributed by atoms with Gasteiger partial charge in [-0.2, -0.15) is 13.2 Å². The van der Waals surface area contributed by atoms with Crippen molar-refractivity contribution in [2.45, 2.75) is 33.5 Å². The molecule has 0 spiro atoms. The van der Waals surface area contributed by atoms with Crippen LogP contribution in [0.1, 0.15) is 31.9 Å². The number of carboxylic acids is 1. The van der Waals surface area contributed by atoms with Crippen molar-refractivity contribution in [1.82, 2.24) is 4.90 Å². The Morgan fingerprint density at radius 2 is 1.65 bits per heavy atom. The number of carbonyl (C=O) groups is 2. The Hall–Kier alpha value is -2.05. The van der Waals surface area contributed by atoms with Gasteiger partial charge in [0.25, 0.3) is 0 Å². The SMILES string of the molecule is CC(C)C(C)C(=O)N(CC(=O)O)Cc1ccc(C(F)(F)F)cc1. The summed E-state index contributed by atoms with van der Waals surface area (Å²) in [5, 5.41) is 8.94. The third kappa shape index (κ3) is 5.58. The molecule has 128 valence electrons. The van der Waals surface area contributed by atoms with E-state index in [2.05, 4.69) is 0 Å². The fraction of sp³-hybridized carbons (Fsp3) is 0.500. The molecule has 0 aliphatic heterocycles. The van der Waals surface area contributed by atoms with Crippen molar-refractivity contribution in [2.24, 2.45) is 11.8 Å². The summed E-state index contributed by atoms with van der Waals surface area (Å²) in [7, 11) is 0. The van der Waals surface area contributed by atoms with Crippen LogP contribution in [0.5, 0.6) is 0 Å². The maximum absolute atomic E-state index is 12.5. The molecule has 1 aromatic rings. The first kappa shape index (κ1) is 19.0. The van der Waals surface area contributed by atoms with Gasteiger partial charge in [0.15, 0.2) is 0 Å². The predicted octanol–water partition coefficient (Wildman–Crippen LogP) is 3.41. The highest BCUT2D eigenvalue weighted by Gasteiger charge is 2.30. The molecule has 0 heterocycles. The summed E-state index contributed by atoms with van der Waals surface area (Å²) in [6.07, 6.45) is -4.43. The second-order valence-corrected chi connectivity index (χ2v) is 5.82. The highest BCUT2D eigenvalue weighted by molar-refractivity contribution is 5.83. The molecule has 0 aliphatic rings. The second kappa shape index (κ2) is 7.48. The minimum Gasteiger partial charge on any atom is -0.480 e. The average molecular weight is 331 g/mol. The number of hydrogen-bond donors (Lipinski definition) is 1. The van der Waals surface area contributed by atoms with Gasteiger partial charge in [-0.3, -0.25) is 9.59 Å². The number of rotatable bonds is 6. The van der Waals surface area contributed by atoms with E-state index in [1.807, 2.05) is 13.8 Å². The monoisotopic (exact) mass is 331 g/mol. The van der Waals surface area contributed by atoms with E-state index in [4.69, 9.17) is 5.11 Å². The lowest BCUT2D eigenvalue weighted by atomic mass is 9.96. The molecule has 1 aromatic carbocycles. The highest BCUT2D eigenvalue weighted by Crippen LogP contribution is 2.29. The van der Waals surface area contributed by atoms with Gasteiger partial charge in [0.05, 0.1) is 5.56 Å².